The topological polar surface area (TPSA) is 103 Å². The van der Waals surface area contributed by atoms with Gasteiger partial charge in [-0.1, -0.05) is 0 Å². The first-order chi connectivity index (χ1) is 10.5. The van der Waals surface area contributed by atoms with E-state index in [1.807, 2.05) is 7.05 Å². The van der Waals surface area contributed by atoms with E-state index < -0.39 is 11.2 Å². The molecule has 2 heterocycles. The summed E-state index contributed by atoms with van der Waals surface area (Å²) < 4.78 is 3.74. The standard InChI is InChI=1S/C13H20N6O3.ClH/c1-14-5-4-6-15-9(20)7-19-12(21)10-11(16-8-17(10)2)18(3)13(19)22;/h8,14H,4-7H2,1-3H3,(H,15,20);1H. The van der Waals surface area contributed by atoms with Crippen molar-refractivity contribution in [2.24, 2.45) is 14.1 Å². The average Bonchev–Trinajstić information content (AvgIpc) is 2.88. The molecule has 0 spiro atoms. The molecular weight excluding hydrogens is 324 g/mol. The quantitative estimate of drug-likeness (QED) is 0.626. The zero-order chi connectivity index (χ0) is 16.3. The highest BCUT2D eigenvalue weighted by molar-refractivity contribution is 5.85. The highest BCUT2D eigenvalue weighted by Crippen LogP contribution is 2.02. The Labute approximate surface area is 138 Å². The van der Waals surface area contributed by atoms with Crippen molar-refractivity contribution in [1.82, 2.24) is 29.3 Å². The van der Waals surface area contributed by atoms with Gasteiger partial charge in [-0.15, -0.1) is 12.4 Å². The Balaban J connectivity index is 0.00000264. The van der Waals surface area contributed by atoms with Crippen molar-refractivity contribution in [3.63, 3.8) is 0 Å². The van der Waals surface area contributed by atoms with Gasteiger partial charge in [-0.2, -0.15) is 0 Å². The molecule has 128 valence electrons. The van der Waals surface area contributed by atoms with Gasteiger partial charge < -0.3 is 15.2 Å². The predicted molar refractivity (Wildman–Crippen MR) is 89.0 cm³/mol. The molecule has 0 unspecified atom stereocenters. The molecule has 0 aromatic carbocycles. The SMILES string of the molecule is CNCCCNC(=O)Cn1c(=O)c2c(ncn2C)n(C)c1=O.Cl. The van der Waals surface area contributed by atoms with Crippen molar-refractivity contribution in [2.75, 3.05) is 20.1 Å². The summed E-state index contributed by atoms with van der Waals surface area (Å²) in [4.78, 5) is 40.5. The summed E-state index contributed by atoms with van der Waals surface area (Å²) >= 11 is 0. The molecule has 9 nitrogen and oxygen atoms in total. The number of hydrogen-bond acceptors (Lipinski definition) is 5. The minimum Gasteiger partial charge on any atom is -0.354 e. The van der Waals surface area contributed by atoms with Crippen LogP contribution in [0, 0.1) is 0 Å². The fraction of sp³-hybridized carbons (Fsp3) is 0.538. The van der Waals surface area contributed by atoms with E-state index in [4.69, 9.17) is 0 Å². The monoisotopic (exact) mass is 344 g/mol. The van der Waals surface area contributed by atoms with Gasteiger partial charge in [0.1, 0.15) is 6.54 Å². The summed E-state index contributed by atoms with van der Waals surface area (Å²) in [6.07, 6.45) is 2.24. The van der Waals surface area contributed by atoms with Crippen LogP contribution in [0.3, 0.4) is 0 Å². The number of amides is 1. The van der Waals surface area contributed by atoms with Crippen LogP contribution < -0.4 is 21.9 Å². The fourth-order valence-corrected chi connectivity index (χ4v) is 2.23. The first kappa shape index (κ1) is 18.9. The number of rotatable bonds is 6. The molecule has 0 atom stereocenters. The van der Waals surface area contributed by atoms with Gasteiger partial charge in [0.05, 0.1) is 6.33 Å². The molecule has 0 radical (unpaired) electrons. The zero-order valence-corrected chi connectivity index (χ0v) is 14.1. The van der Waals surface area contributed by atoms with Gasteiger partial charge in [-0.05, 0) is 20.0 Å². The van der Waals surface area contributed by atoms with Gasteiger partial charge in [0.2, 0.25) is 5.91 Å². The Morgan fingerprint density at radius 3 is 2.61 bits per heavy atom. The van der Waals surface area contributed by atoms with Crippen molar-refractivity contribution in [3.8, 4) is 0 Å². The summed E-state index contributed by atoms with van der Waals surface area (Å²) in [5.41, 5.74) is -0.460. The molecular formula is C13H21ClN6O3. The number of carbonyl (C=O) groups excluding carboxylic acids is 1. The average molecular weight is 345 g/mol. The number of nitrogens with zero attached hydrogens (tertiary/aromatic N) is 4. The third-order valence-corrected chi connectivity index (χ3v) is 3.43. The summed E-state index contributed by atoms with van der Waals surface area (Å²) in [7, 11) is 5.02. The van der Waals surface area contributed by atoms with Crippen molar-refractivity contribution < 1.29 is 4.79 Å². The van der Waals surface area contributed by atoms with Crippen LogP contribution in [-0.4, -0.2) is 44.7 Å². The van der Waals surface area contributed by atoms with Crippen molar-refractivity contribution >= 4 is 29.5 Å². The molecule has 0 aliphatic carbocycles. The Morgan fingerprint density at radius 2 is 1.96 bits per heavy atom. The Morgan fingerprint density at radius 1 is 1.26 bits per heavy atom. The van der Waals surface area contributed by atoms with E-state index in [0.717, 1.165) is 17.5 Å². The number of hydrogen-bond donors (Lipinski definition) is 2. The summed E-state index contributed by atoms with van der Waals surface area (Å²) in [6, 6.07) is 0. The molecule has 1 amide bonds. The van der Waals surface area contributed by atoms with Crippen LogP contribution in [0.15, 0.2) is 15.9 Å². The van der Waals surface area contributed by atoms with Crippen molar-refractivity contribution in [2.45, 2.75) is 13.0 Å². The van der Waals surface area contributed by atoms with Gasteiger partial charge in [-0.25, -0.2) is 14.3 Å². The molecule has 0 fully saturated rings. The number of fused-ring (bicyclic) bond motifs is 1. The molecule has 2 aromatic heterocycles. The Hall–Kier alpha value is -2.13. The minimum atomic E-state index is -0.554. The van der Waals surface area contributed by atoms with E-state index in [1.165, 1.54) is 17.9 Å². The number of halogens is 1. The molecule has 2 aromatic rings. The van der Waals surface area contributed by atoms with Crippen LogP contribution in [-0.2, 0) is 25.4 Å². The number of aryl methyl sites for hydroxylation is 2. The second-order valence-corrected chi connectivity index (χ2v) is 5.07. The van der Waals surface area contributed by atoms with Gasteiger partial charge in [-0.3, -0.25) is 14.2 Å². The maximum Gasteiger partial charge on any atom is 0.332 e. The first-order valence-corrected chi connectivity index (χ1v) is 6.99. The van der Waals surface area contributed by atoms with Crippen LogP contribution in [0.5, 0.6) is 0 Å². The smallest absolute Gasteiger partial charge is 0.332 e. The van der Waals surface area contributed by atoms with Gasteiger partial charge in [0, 0.05) is 20.6 Å². The number of nitrogens with one attached hydrogen (secondary N) is 2. The molecule has 0 aliphatic rings. The molecule has 23 heavy (non-hydrogen) atoms. The lowest BCUT2D eigenvalue weighted by molar-refractivity contribution is -0.121. The van der Waals surface area contributed by atoms with Crippen LogP contribution in [0.2, 0.25) is 0 Å². The van der Waals surface area contributed by atoms with Crippen molar-refractivity contribution in [1.29, 1.82) is 0 Å². The molecule has 0 aliphatic heterocycles. The van der Waals surface area contributed by atoms with E-state index in [-0.39, 0.29) is 24.9 Å². The van der Waals surface area contributed by atoms with E-state index in [2.05, 4.69) is 15.6 Å². The largest absolute Gasteiger partial charge is 0.354 e. The molecule has 0 bridgehead atoms. The highest BCUT2D eigenvalue weighted by atomic mass is 35.5. The third kappa shape index (κ3) is 3.80. The van der Waals surface area contributed by atoms with Crippen molar-refractivity contribution in [3.05, 3.63) is 27.2 Å². The fourth-order valence-electron chi connectivity index (χ4n) is 2.23. The maximum absolute atomic E-state index is 12.4. The minimum absolute atomic E-state index is 0. The second-order valence-electron chi connectivity index (χ2n) is 5.07. The molecule has 2 N–H and O–H groups in total. The number of carbonyl (C=O) groups is 1. The van der Waals surface area contributed by atoms with Gasteiger partial charge in [0.25, 0.3) is 5.56 Å². The lowest BCUT2D eigenvalue weighted by Gasteiger charge is -2.09. The van der Waals surface area contributed by atoms with E-state index in [0.29, 0.717) is 17.7 Å². The first-order valence-electron chi connectivity index (χ1n) is 6.99. The molecule has 0 saturated heterocycles. The highest BCUT2D eigenvalue weighted by Gasteiger charge is 2.16. The molecule has 10 heteroatoms. The van der Waals surface area contributed by atoms with Gasteiger partial charge in [0.15, 0.2) is 11.2 Å². The lowest BCUT2D eigenvalue weighted by atomic mass is 10.4. The second kappa shape index (κ2) is 7.93. The Kier molecular flexibility index (Phi) is 6.52. The summed E-state index contributed by atoms with van der Waals surface area (Å²) in [6.45, 7) is 0.970. The Bertz CT molecular complexity index is 806. The van der Waals surface area contributed by atoms with Crippen LogP contribution in [0.25, 0.3) is 11.2 Å². The number of aromatic nitrogens is 4. The zero-order valence-electron chi connectivity index (χ0n) is 13.3. The normalized spacial score (nSPS) is 10.6. The van der Waals surface area contributed by atoms with E-state index in [9.17, 15) is 14.4 Å². The molecule has 0 saturated carbocycles. The van der Waals surface area contributed by atoms with E-state index >= 15 is 0 Å². The van der Waals surface area contributed by atoms with Gasteiger partial charge >= 0.3 is 5.69 Å². The van der Waals surface area contributed by atoms with Crippen LogP contribution >= 0.6 is 12.4 Å². The van der Waals surface area contributed by atoms with E-state index in [1.54, 1.807) is 11.6 Å². The maximum atomic E-state index is 12.4. The lowest BCUT2D eigenvalue weighted by Crippen LogP contribution is -2.43. The summed E-state index contributed by atoms with van der Waals surface area (Å²) in [5.74, 6) is -0.364. The number of imidazole rings is 1. The van der Waals surface area contributed by atoms with Crippen LogP contribution in [0.4, 0.5) is 0 Å². The summed E-state index contributed by atoms with van der Waals surface area (Å²) in [5, 5.41) is 5.66. The predicted octanol–water partition coefficient (Wildman–Crippen LogP) is -1.42. The third-order valence-electron chi connectivity index (χ3n) is 3.43. The van der Waals surface area contributed by atoms with Crippen LogP contribution in [0.1, 0.15) is 6.42 Å². The molecule has 2 rings (SSSR count).